The first-order chi connectivity index (χ1) is 11.6. The maximum Gasteiger partial charge on any atom is 0.127 e. The Morgan fingerprint density at radius 3 is 2.62 bits per heavy atom. The van der Waals surface area contributed by atoms with Crippen molar-refractivity contribution in [3.8, 4) is 0 Å². The van der Waals surface area contributed by atoms with Crippen molar-refractivity contribution in [3.05, 3.63) is 59.0 Å². The second kappa shape index (κ2) is 6.17. The number of pyridine rings is 1. The van der Waals surface area contributed by atoms with E-state index in [1.165, 1.54) is 18.4 Å². The van der Waals surface area contributed by atoms with Crippen molar-refractivity contribution in [2.24, 2.45) is 0 Å². The van der Waals surface area contributed by atoms with Gasteiger partial charge >= 0.3 is 0 Å². The molecule has 0 amide bonds. The molecule has 0 radical (unpaired) electrons. The van der Waals surface area contributed by atoms with Gasteiger partial charge in [-0.2, -0.15) is 0 Å². The van der Waals surface area contributed by atoms with Crippen LogP contribution in [0.1, 0.15) is 48.3 Å². The predicted molar refractivity (Wildman–Crippen MR) is 94.1 cm³/mol. The van der Waals surface area contributed by atoms with Crippen LogP contribution >= 0.6 is 0 Å². The lowest BCUT2D eigenvalue weighted by Gasteiger charge is -2.39. The molecule has 4 rings (SSSR count). The van der Waals surface area contributed by atoms with E-state index in [2.05, 4.69) is 16.0 Å². The lowest BCUT2D eigenvalue weighted by molar-refractivity contribution is 0.118. The Labute approximate surface area is 142 Å². The zero-order valence-electron chi connectivity index (χ0n) is 14.1. The van der Waals surface area contributed by atoms with Gasteiger partial charge in [0.2, 0.25) is 0 Å². The molecule has 1 aromatic carbocycles. The summed E-state index contributed by atoms with van der Waals surface area (Å²) in [6, 6.07) is 10.9. The smallest absolute Gasteiger partial charge is 0.127 e. The number of nitrogens with zero attached hydrogens (tertiary/aromatic N) is 2. The van der Waals surface area contributed by atoms with Crippen LogP contribution in [0.15, 0.2) is 36.5 Å². The van der Waals surface area contributed by atoms with Crippen molar-refractivity contribution in [1.29, 1.82) is 0 Å². The maximum absolute atomic E-state index is 13.5. The molecule has 2 N–H and O–H groups in total. The van der Waals surface area contributed by atoms with E-state index in [-0.39, 0.29) is 5.82 Å². The fourth-order valence-corrected chi connectivity index (χ4v) is 4.51. The summed E-state index contributed by atoms with van der Waals surface area (Å²) in [7, 11) is 0. The number of fused-ring (bicyclic) bond motifs is 2. The molecule has 0 spiro atoms. The minimum atomic E-state index is -0.105. The Bertz CT molecular complexity index is 731. The van der Waals surface area contributed by atoms with Crippen molar-refractivity contribution in [2.45, 2.75) is 57.2 Å². The van der Waals surface area contributed by atoms with Crippen molar-refractivity contribution >= 4 is 5.82 Å². The first kappa shape index (κ1) is 15.6. The largest absolute Gasteiger partial charge is 0.383 e. The Hall–Kier alpha value is -1.94. The normalized spacial score (nSPS) is 26.7. The lowest BCUT2D eigenvalue weighted by Crippen LogP contribution is -2.41. The molecule has 4 heteroatoms. The van der Waals surface area contributed by atoms with Crippen molar-refractivity contribution in [3.63, 3.8) is 0 Å². The summed E-state index contributed by atoms with van der Waals surface area (Å²) in [6.45, 7) is 2.75. The molecule has 2 aliphatic rings. The van der Waals surface area contributed by atoms with Crippen LogP contribution in [0.3, 0.4) is 0 Å². The number of nitrogens with two attached hydrogens (primary N) is 1. The SMILES string of the molecule is Cc1cc(C2C[C@H]3CC[C@@H](C2)N3Cc2cccnc2N)ccc1F. The van der Waals surface area contributed by atoms with Crippen molar-refractivity contribution in [1.82, 2.24) is 9.88 Å². The molecular formula is C20H24FN3. The Morgan fingerprint density at radius 1 is 1.21 bits per heavy atom. The van der Waals surface area contributed by atoms with Crippen LogP contribution in [0.4, 0.5) is 10.2 Å². The highest BCUT2D eigenvalue weighted by atomic mass is 19.1. The maximum atomic E-state index is 13.5. The van der Waals surface area contributed by atoms with Crippen LogP contribution in [0.2, 0.25) is 0 Å². The molecule has 2 fully saturated rings. The van der Waals surface area contributed by atoms with Crippen LogP contribution in [0.5, 0.6) is 0 Å². The molecule has 2 bridgehead atoms. The highest BCUT2D eigenvalue weighted by molar-refractivity contribution is 5.38. The molecule has 0 aliphatic carbocycles. The first-order valence-corrected chi connectivity index (χ1v) is 8.83. The number of halogens is 1. The molecule has 3 heterocycles. The van der Waals surface area contributed by atoms with E-state index in [0.29, 0.717) is 23.8 Å². The van der Waals surface area contributed by atoms with Gasteiger partial charge in [0, 0.05) is 30.4 Å². The third kappa shape index (κ3) is 2.80. The number of anilines is 1. The molecule has 2 saturated heterocycles. The van der Waals surface area contributed by atoms with Crippen LogP contribution in [-0.4, -0.2) is 22.0 Å². The average molecular weight is 325 g/mol. The number of hydrogen-bond acceptors (Lipinski definition) is 3. The van der Waals surface area contributed by atoms with E-state index in [9.17, 15) is 4.39 Å². The van der Waals surface area contributed by atoms with Gasteiger partial charge in [-0.05, 0) is 61.8 Å². The zero-order chi connectivity index (χ0) is 16.7. The molecule has 2 aromatic rings. The molecule has 2 aliphatic heterocycles. The van der Waals surface area contributed by atoms with E-state index in [0.717, 1.165) is 30.5 Å². The fourth-order valence-electron chi connectivity index (χ4n) is 4.51. The topological polar surface area (TPSA) is 42.2 Å². The number of aryl methyl sites for hydroxylation is 1. The second-order valence-corrected chi connectivity index (χ2v) is 7.28. The minimum absolute atomic E-state index is 0.105. The van der Waals surface area contributed by atoms with Gasteiger partial charge in [-0.15, -0.1) is 0 Å². The van der Waals surface area contributed by atoms with E-state index < -0.39 is 0 Å². The van der Waals surface area contributed by atoms with E-state index in [1.54, 1.807) is 12.3 Å². The zero-order valence-corrected chi connectivity index (χ0v) is 14.1. The van der Waals surface area contributed by atoms with E-state index >= 15 is 0 Å². The first-order valence-electron chi connectivity index (χ1n) is 8.83. The molecule has 0 saturated carbocycles. The predicted octanol–water partition coefficient (Wildman–Crippen LogP) is 4.02. The third-order valence-corrected chi connectivity index (χ3v) is 5.82. The monoisotopic (exact) mass is 325 g/mol. The number of nitrogen functional groups attached to an aromatic ring is 1. The standard InChI is InChI=1S/C20H24FN3/c1-13-9-14(4-7-19(13)21)16-10-17-5-6-18(11-16)24(17)12-15-3-2-8-23-20(15)22/h2-4,7-9,16-18H,5-6,10-12H2,1H3,(H2,22,23)/t16?,17-,18+. The van der Waals surface area contributed by atoms with Crippen molar-refractivity contribution in [2.75, 3.05) is 5.73 Å². The number of aromatic nitrogens is 1. The summed E-state index contributed by atoms with van der Waals surface area (Å²) >= 11 is 0. The Balaban J connectivity index is 1.51. The summed E-state index contributed by atoms with van der Waals surface area (Å²) in [5.41, 5.74) is 9.21. The molecule has 1 unspecified atom stereocenters. The summed E-state index contributed by atoms with van der Waals surface area (Å²) in [4.78, 5) is 6.82. The van der Waals surface area contributed by atoms with Crippen LogP contribution in [-0.2, 0) is 6.54 Å². The van der Waals surface area contributed by atoms with Gasteiger partial charge in [-0.25, -0.2) is 9.37 Å². The third-order valence-electron chi connectivity index (χ3n) is 5.82. The summed E-state index contributed by atoms with van der Waals surface area (Å²) in [6.07, 6.45) is 6.56. The van der Waals surface area contributed by atoms with Gasteiger partial charge < -0.3 is 5.73 Å². The minimum Gasteiger partial charge on any atom is -0.383 e. The van der Waals surface area contributed by atoms with Crippen LogP contribution in [0, 0.1) is 12.7 Å². The van der Waals surface area contributed by atoms with Gasteiger partial charge in [0.15, 0.2) is 0 Å². The summed E-state index contributed by atoms with van der Waals surface area (Å²) < 4.78 is 13.5. The molecule has 126 valence electrons. The van der Waals surface area contributed by atoms with Crippen LogP contribution < -0.4 is 5.73 Å². The molecule has 24 heavy (non-hydrogen) atoms. The molecule has 3 atom stereocenters. The molecule has 1 aromatic heterocycles. The number of rotatable bonds is 3. The molecular weight excluding hydrogens is 301 g/mol. The Morgan fingerprint density at radius 2 is 1.96 bits per heavy atom. The summed E-state index contributed by atoms with van der Waals surface area (Å²) in [5, 5.41) is 0. The van der Waals surface area contributed by atoms with Gasteiger partial charge in [-0.1, -0.05) is 18.2 Å². The second-order valence-electron chi connectivity index (χ2n) is 7.28. The van der Waals surface area contributed by atoms with Gasteiger partial charge in [0.25, 0.3) is 0 Å². The lowest BCUT2D eigenvalue weighted by atomic mass is 9.84. The van der Waals surface area contributed by atoms with Gasteiger partial charge in [0.05, 0.1) is 0 Å². The van der Waals surface area contributed by atoms with Gasteiger partial charge in [0.1, 0.15) is 11.6 Å². The quantitative estimate of drug-likeness (QED) is 0.927. The number of hydrogen-bond donors (Lipinski definition) is 1. The summed E-state index contributed by atoms with van der Waals surface area (Å²) in [5.74, 6) is 1.09. The van der Waals surface area contributed by atoms with Gasteiger partial charge in [-0.3, -0.25) is 4.90 Å². The van der Waals surface area contributed by atoms with Crippen LogP contribution in [0.25, 0.3) is 0 Å². The molecule has 3 nitrogen and oxygen atoms in total. The highest BCUT2D eigenvalue weighted by Crippen LogP contribution is 2.44. The highest BCUT2D eigenvalue weighted by Gasteiger charge is 2.41. The Kier molecular flexibility index (Phi) is 4.01. The average Bonchev–Trinajstić information content (AvgIpc) is 2.80. The number of benzene rings is 1. The van der Waals surface area contributed by atoms with E-state index in [4.69, 9.17) is 5.73 Å². The van der Waals surface area contributed by atoms with Crippen molar-refractivity contribution < 1.29 is 4.39 Å². The van der Waals surface area contributed by atoms with E-state index in [1.807, 2.05) is 25.1 Å². The number of piperidine rings is 1. The fraction of sp³-hybridized carbons (Fsp3) is 0.450.